The SMILES string of the molecule is Cn1nc(NC(=O)c2ccccc2)sc1=Nc1ccccc1. The van der Waals surface area contributed by atoms with Crippen LogP contribution >= 0.6 is 11.3 Å². The number of amides is 1. The third-order valence-corrected chi connectivity index (χ3v) is 3.86. The maximum absolute atomic E-state index is 12.1. The minimum atomic E-state index is -0.179. The van der Waals surface area contributed by atoms with Gasteiger partial charge in [-0.05, 0) is 24.3 Å². The number of carbonyl (C=O) groups excluding carboxylic acids is 1. The Morgan fingerprint density at radius 3 is 2.41 bits per heavy atom. The maximum Gasteiger partial charge on any atom is 0.257 e. The van der Waals surface area contributed by atoms with Gasteiger partial charge in [0.1, 0.15) is 0 Å². The lowest BCUT2D eigenvalue weighted by molar-refractivity contribution is 0.102. The molecule has 22 heavy (non-hydrogen) atoms. The highest BCUT2D eigenvalue weighted by atomic mass is 32.1. The van der Waals surface area contributed by atoms with E-state index in [0.29, 0.717) is 10.7 Å². The molecule has 0 bridgehead atoms. The van der Waals surface area contributed by atoms with Gasteiger partial charge in [-0.15, -0.1) is 5.10 Å². The molecule has 0 atom stereocenters. The monoisotopic (exact) mass is 310 g/mol. The van der Waals surface area contributed by atoms with Crippen molar-refractivity contribution in [2.75, 3.05) is 5.32 Å². The number of rotatable bonds is 3. The van der Waals surface area contributed by atoms with Gasteiger partial charge in [-0.25, -0.2) is 9.67 Å². The summed E-state index contributed by atoms with van der Waals surface area (Å²) in [6.45, 7) is 0. The third kappa shape index (κ3) is 3.29. The third-order valence-electron chi connectivity index (χ3n) is 2.94. The summed E-state index contributed by atoms with van der Waals surface area (Å²) in [7, 11) is 1.80. The van der Waals surface area contributed by atoms with Crippen molar-refractivity contribution in [3.8, 4) is 0 Å². The Hall–Kier alpha value is -2.73. The van der Waals surface area contributed by atoms with Crippen molar-refractivity contribution in [2.45, 2.75) is 0 Å². The first-order chi connectivity index (χ1) is 10.7. The molecule has 0 fully saturated rings. The Bertz CT molecular complexity index is 837. The van der Waals surface area contributed by atoms with E-state index in [9.17, 15) is 4.79 Å². The second-order valence-corrected chi connectivity index (χ2v) is 5.54. The number of benzene rings is 2. The average molecular weight is 310 g/mol. The highest BCUT2D eigenvalue weighted by Gasteiger charge is 2.08. The predicted molar refractivity (Wildman–Crippen MR) is 87.1 cm³/mol. The van der Waals surface area contributed by atoms with Gasteiger partial charge < -0.3 is 0 Å². The number of para-hydroxylation sites is 1. The van der Waals surface area contributed by atoms with Crippen molar-refractivity contribution in [1.82, 2.24) is 9.78 Å². The van der Waals surface area contributed by atoms with Crippen LogP contribution in [0.4, 0.5) is 10.8 Å². The first-order valence-corrected chi connectivity index (χ1v) is 7.54. The van der Waals surface area contributed by atoms with Crippen molar-refractivity contribution >= 4 is 28.1 Å². The molecule has 0 radical (unpaired) electrons. The smallest absolute Gasteiger partial charge is 0.257 e. The molecule has 3 aromatic rings. The summed E-state index contributed by atoms with van der Waals surface area (Å²) in [4.78, 5) is 17.3. The fourth-order valence-corrected chi connectivity index (χ4v) is 2.67. The van der Waals surface area contributed by atoms with E-state index < -0.39 is 0 Å². The van der Waals surface area contributed by atoms with E-state index in [2.05, 4.69) is 15.4 Å². The van der Waals surface area contributed by atoms with Crippen LogP contribution in [0.15, 0.2) is 65.7 Å². The van der Waals surface area contributed by atoms with Crippen molar-refractivity contribution in [3.63, 3.8) is 0 Å². The summed E-state index contributed by atoms with van der Waals surface area (Å²) in [6, 6.07) is 18.7. The minimum Gasteiger partial charge on any atom is -0.296 e. The van der Waals surface area contributed by atoms with Crippen LogP contribution in [0.1, 0.15) is 10.4 Å². The molecule has 1 aromatic heterocycles. The molecule has 0 saturated heterocycles. The molecule has 0 aliphatic heterocycles. The molecule has 1 N–H and O–H groups in total. The normalized spacial score (nSPS) is 11.4. The maximum atomic E-state index is 12.1. The fraction of sp³-hybridized carbons (Fsp3) is 0.0625. The van der Waals surface area contributed by atoms with E-state index in [1.54, 1.807) is 23.9 Å². The number of hydrogen-bond donors (Lipinski definition) is 1. The van der Waals surface area contributed by atoms with Gasteiger partial charge in [0, 0.05) is 12.6 Å². The van der Waals surface area contributed by atoms with Gasteiger partial charge in [-0.2, -0.15) is 0 Å². The van der Waals surface area contributed by atoms with Crippen LogP contribution in [0.5, 0.6) is 0 Å². The number of anilines is 1. The topological polar surface area (TPSA) is 59.3 Å². The number of carbonyl (C=O) groups is 1. The van der Waals surface area contributed by atoms with E-state index in [1.807, 2.05) is 48.5 Å². The zero-order valence-corrected chi connectivity index (χ0v) is 12.7. The summed E-state index contributed by atoms with van der Waals surface area (Å²) in [5.74, 6) is -0.179. The molecule has 2 aromatic carbocycles. The number of nitrogens with zero attached hydrogens (tertiary/aromatic N) is 3. The van der Waals surface area contributed by atoms with E-state index >= 15 is 0 Å². The number of aromatic nitrogens is 2. The molecule has 0 saturated carbocycles. The molecule has 3 rings (SSSR count). The zero-order valence-electron chi connectivity index (χ0n) is 11.9. The van der Waals surface area contributed by atoms with E-state index in [4.69, 9.17) is 0 Å². The quantitative estimate of drug-likeness (QED) is 0.808. The highest BCUT2D eigenvalue weighted by Crippen LogP contribution is 2.12. The summed E-state index contributed by atoms with van der Waals surface area (Å²) in [6.07, 6.45) is 0. The summed E-state index contributed by atoms with van der Waals surface area (Å²) in [5.41, 5.74) is 1.45. The molecule has 0 aliphatic rings. The Balaban J connectivity index is 1.84. The van der Waals surface area contributed by atoms with Crippen molar-refractivity contribution in [2.24, 2.45) is 12.0 Å². The van der Waals surface area contributed by atoms with Crippen LogP contribution in [0, 0.1) is 0 Å². The second kappa shape index (κ2) is 6.36. The lowest BCUT2D eigenvalue weighted by Gasteiger charge is -1.99. The number of hydrogen-bond acceptors (Lipinski definition) is 4. The second-order valence-electron chi connectivity index (χ2n) is 4.58. The zero-order chi connectivity index (χ0) is 15.4. The van der Waals surface area contributed by atoms with E-state index in [0.717, 1.165) is 10.5 Å². The summed E-state index contributed by atoms with van der Waals surface area (Å²) < 4.78 is 1.65. The van der Waals surface area contributed by atoms with E-state index in [1.165, 1.54) is 11.3 Å². The average Bonchev–Trinajstić information content (AvgIpc) is 2.88. The van der Waals surface area contributed by atoms with Crippen LogP contribution in [-0.4, -0.2) is 15.7 Å². The van der Waals surface area contributed by atoms with Crippen LogP contribution < -0.4 is 10.1 Å². The number of nitrogens with one attached hydrogen (secondary N) is 1. The van der Waals surface area contributed by atoms with Crippen molar-refractivity contribution in [1.29, 1.82) is 0 Å². The largest absolute Gasteiger partial charge is 0.296 e. The molecule has 110 valence electrons. The summed E-state index contributed by atoms with van der Waals surface area (Å²) >= 11 is 1.33. The Morgan fingerprint density at radius 2 is 1.73 bits per heavy atom. The van der Waals surface area contributed by atoms with Gasteiger partial charge in [-0.1, -0.05) is 47.7 Å². The molecule has 6 heteroatoms. The lowest BCUT2D eigenvalue weighted by atomic mass is 10.2. The van der Waals surface area contributed by atoms with Gasteiger partial charge in [0.2, 0.25) is 9.93 Å². The van der Waals surface area contributed by atoms with Crippen LogP contribution in [-0.2, 0) is 7.05 Å². The van der Waals surface area contributed by atoms with Gasteiger partial charge >= 0.3 is 0 Å². The Kier molecular flexibility index (Phi) is 4.11. The number of aryl methyl sites for hydroxylation is 1. The Morgan fingerprint density at radius 1 is 1.09 bits per heavy atom. The lowest BCUT2D eigenvalue weighted by Crippen LogP contribution is -2.12. The van der Waals surface area contributed by atoms with Gasteiger partial charge in [0.05, 0.1) is 5.69 Å². The fourth-order valence-electron chi connectivity index (χ4n) is 1.87. The first kappa shape index (κ1) is 14.2. The molecule has 1 heterocycles. The van der Waals surface area contributed by atoms with Crippen LogP contribution in [0.2, 0.25) is 0 Å². The van der Waals surface area contributed by atoms with Crippen LogP contribution in [0.25, 0.3) is 0 Å². The highest BCUT2D eigenvalue weighted by molar-refractivity contribution is 7.13. The standard InChI is InChI=1S/C16H14N4OS/c1-20-16(17-13-10-6-3-7-11-13)22-15(19-20)18-14(21)12-8-4-2-5-9-12/h2-11H,1H3,(H,18,19,21). The van der Waals surface area contributed by atoms with Gasteiger partial charge in [0.15, 0.2) is 0 Å². The minimum absolute atomic E-state index is 0.179. The molecular formula is C16H14N4OS. The van der Waals surface area contributed by atoms with Crippen LogP contribution in [0.3, 0.4) is 0 Å². The summed E-state index contributed by atoms with van der Waals surface area (Å²) in [5, 5.41) is 7.59. The van der Waals surface area contributed by atoms with Crippen molar-refractivity contribution in [3.05, 3.63) is 71.0 Å². The van der Waals surface area contributed by atoms with Gasteiger partial charge in [-0.3, -0.25) is 10.1 Å². The first-order valence-electron chi connectivity index (χ1n) is 6.73. The van der Waals surface area contributed by atoms with Gasteiger partial charge in [0.25, 0.3) is 5.91 Å². The molecule has 5 nitrogen and oxygen atoms in total. The molecular weight excluding hydrogens is 296 g/mol. The van der Waals surface area contributed by atoms with E-state index in [-0.39, 0.29) is 5.91 Å². The molecule has 0 unspecified atom stereocenters. The molecule has 0 aliphatic carbocycles. The molecule has 0 spiro atoms. The molecule has 1 amide bonds. The van der Waals surface area contributed by atoms with Crippen molar-refractivity contribution < 1.29 is 4.79 Å². The predicted octanol–water partition coefficient (Wildman–Crippen LogP) is 2.97. The Labute approximate surface area is 131 Å².